The lowest BCUT2D eigenvalue weighted by Gasteiger charge is -2.18. The second kappa shape index (κ2) is 4.85. The van der Waals surface area contributed by atoms with E-state index in [0.29, 0.717) is 0 Å². The van der Waals surface area contributed by atoms with Crippen molar-refractivity contribution in [3.8, 4) is 11.3 Å². The first-order valence-electron chi connectivity index (χ1n) is 5.58. The Bertz CT molecular complexity index is 471. The van der Waals surface area contributed by atoms with E-state index in [9.17, 15) is 0 Å². The molecule has 0 bridgehead atoms. The maximum atomic E-state index is 5.92. The molecule has 0 aliphatic carbocycles. The summed E-state index contributed by atoms with van der Waals surface area (Å²) >= 11 is 1.61. The van der Waals surface area contributed by atoms with Crippen molar-refractivity contribution in [2.24, 2.45) is 5.73 Å². The number of aromatic nitrogens is 1. The molecular weight excluding hydrogens is 230 g/mol. The fourth-order valence-electron chi connectivity index (χ4n) is 1.40. The van der Waals surface area contributed by atoms with Gasteiger partial charge in [-0.2, -0.15) is 0 Å². The van der Waals surface area contributed by atoms with Gasteiger partial charge in [-0.05, 0) is 13.8 Å². The maximum absolute atomic E-state index is 5.92. The first kappa shape index (κ1) is 12.1. The van der Waals surface area contributed by atoms with Crippen molar-refractivity contribution in [2.45, 2.75) is 19.4 Å². The lowest BCUT2D eigenvalue weighted by atomic mass is 10.1. The molecule has 2 aromatic rings. The summed E-state index contributed by atoms with van der Waals surface area (Å²) in [7, 11) is 0. The number of benzene rings is 1. The van der Waals surface area contributed by atoms with Crippen LogP contribution in [0.4, 0.5) is 5.13 Å². The Kier molecular flexibility index (Phi) is 3.45. The van der Waals surface area contributed by atoms with Crippen molar-refractivity contribution >= 4 is 16.5 Å². The molecule has 0 saturated carbocycles. The smallest absolute Gasteiger partial charge is 0.183 e. The van der Waals surface area contributed by atoms with E-state index >= 15 is 0 Å². The Morgan fingerprint density at radius 2 is 2.00 bits per heavy atom. The molecule has 0 aliphatic rings. The lowest BCUT2D eigenvalue weighted by Crippen LogP contribution is -2.39. The van der Waals surface area contributed by atoms with Gasteiger partial charge in [0.15, 0.2) is 5.13 Å². The number of nitrogens with one attached hydrogen (secondary N) is 1. The van der Waals surface area contributed by atoms with Crippen LogP contribution in [-0.2, 0) is 0 Å². The molecule has 3 nitrogen and oxygen atoms in total. The average molecular weight is 247 g/mol. The Morgan fingerprint density at radius 3 is 2.65 bits per heavy atom. The molecule has 0 spiro atoms. The molecule has 0 fully saturated rings. The van der Waals surface area contributed by atoms with Crippen LogP contribution < -0.4 is 11.1 Å². The van der Waals surface area contributed by atoms with E-state index in [1.807, 2.05) is 32.0 Å². The van der Waals surface area contributed by atoms with E-state index in [1.54, 1.807) is 11.3 Å². The maximum Gasteiger partial charge on any atom is 0.183 e. The van der Waals surface area contributed by atoms with Crippen LogP contribution in [0.1, 0.15) is 13.8 Å². The molecule has 0 aliphatic heterocycles. The van der Waals surface area contributed by atoms with Crippen molar-refractivity contribution in [3.63, 3.8) is 0 Å². The summed E-state index contributed by atoms with van der Waals surface area (Å²) in [6.07, 6.45) is 0. The number of hydrogen-bond acceptors (Lipinski definition) is 4. The highest BCUT2D eigenvalue weighted by atomic mass is 32.1. The number of thiazole rings is 1. The summed E-state index contributed by atoms with van der Waals surface area (Å²) in [4.78, 5) is 4.54. The van der Waals surface area contributed by atoms with E-state index in [2.05, 4.69) is 27.8 Å². The van der Waals surface area contributed by atoms with Crippen molar-refractivity contribution in [3.05, 3.63) is 35.7 Å². The zero-order chi connectivity index (χ0) is 12.3. The Morgan fingerprint density at radius 1 is 1.29 bits per heavy atom. The largest absolute Gasteiger partial charge is 0.360 e. The molecule has 1 heterocycles. The van der Waals surface area contributed by atoms with Gasteiger partial charge in [-0.15, -0.1) is 11.3 Å². The molecule has 3 N–H and O–H groups in total. The Balaban J connectivity index is 2.07. The van der Waals surface area contributed by atoms with E-state index < -0.39 is 0 Å². The third kappa shape index (κ3) is 3.54. The van der Waals surface area contributed by atoms with Gasteiger partial charge in [0.25, 0.3) is 0 Å². The van der Waals surface area contributed by atoms with E-state index in [0.717, 1.165) is 22.9 Å². The first-order valence-corrected chi connectivity index (χ1v) is 6.46. The molecule has 0 unspecified atom stereocenters. The number of nitrogens with zero attached hydrogens (tertiary/aromatic N) is 1. The average Bonchev–Trinajstić information content (AvgIpc) is 2.75. The monoisotopic (exact) mass is 247 g/mol. The fraction of sp³-hybridized carbons (Fsp3) is 0.308. The summed E-state index contributed by atoms with van der Waals surface area (Å²) in [5.74, 6) is 0. The van der Waals surface area contributed by atoms with Gasteiger partial charge in [-0.25, -0.2) is 4.98 Å². The molecule has 1 aromatic heterocycles. The van der Waals surface area contributed by atoms with Gasteiger partial charge in [0.2, 0.25) is 0 Å². The molecule has 17 heavy (non-hydrogen) atoms. The highest BCUT2D eigenvalue weighted by Gasteiger charge is 2.11. The van der Waals surface area contributed by atoms with Crippen LogP contribution >= 0.6 is 11.3 Å². The van der Waals surface area contributed by atoms with E-state index in [-0.39, 0.29) is 5.54 Å². The van der Waals surface area contributed by atoms with Gasteiger partial charge < -0.3 is 11.1 Å². The SMILES string of the molecule is CC(C)(N)CNc1nc(-c2ccccc2)cs1. The molecular formula is C13H17N3S. The first-order chi connectivity index (χ1) is 8.04. The van der Waals surface area contributed by atoms with E-state index in [1.165, 1.54) is 0 Å². The van der Waals surface area contributed by atoms with Crippen LogP contribution in [0.25, 0.3) is 11.3 Å². The highest BCUT2D eigenvalue weighted by molar-refractivity contribution is 7.14. The zero-order valence-electron chi connectivity index (χ0n) is 10.1. The standard InChI is InChI=1S/C13H17N3S/c1-13(2,14)9-15-12-16-11(8-17-12)10-6-4-3-5-7-10/h3-8H,9,14H2,1-2H3,(H,15,16). The number of anilines is 1. The molecule has 1 aromatic carbocycles. The molecule has 0 atom stereocenters. The Hall–Kier alpha value is -1.39. The van der Waals surface area contributed by atoms with Crippen molar-refractivity contribution in [1.82, 2.24) is 4.98 Å². The van der Waals surface area contributed by atoms with Crippen molar-refractivity contribution in [1.29, 1.82) is 0 Å². The van der Waals surface area contributed by atoms with Crippen molar-refractivity contribution in [2.75, 3.05) is 11.9 Å². The molecule has 0 radical (unpaired) electrons. The molecule has 90 valence electrons. The Labute approximate surface area is 106 Å². The second-order valence-corrected chi connectivity index (χ2v) is 5.60. The molecule has 4 heteroatoms. The third-order valence-corrected chi connectivity index (χ3v) is 3.07. The molecule has 0 amide bonds. The van der Waals surface area contributed by atoms with Gasteiger partial charge in [0, 0.05) is 23.0 Å². The minimum atomic E-state index is -0.224. The summed E-state index contributed by atoms with van der Waals surface area (Å²) < 4.78 is 0. The van der Waals surface area contributed by atoms with Crippen LogP contribution in [0.2, 0.25) is 0 Å². The third-order valence-electron chi connectivity index (χ3n) is 2.27. The quantitative estimate of drug-likeness (QED) is 0.873. The zero-order valence-corrected chi connectivity index (χ0v) is 10.9. The van der Waals surface area contributed by atoms with Crippen LogP contribution in [0.3, 0.4) is 0 Å². The number of rotatable bonds is 4. The van der Waals surface area contributed by atoms with Crippen LogP contribution in [0.15, 0.2) is 35.7 Å². The molecule has 0 saturated heterocycles. The summed E-state index contributed by atoms with van der Waals surface area (Å²) in [6.45, 7) is 4.70. The topological polar surface area (TPSA) is 50.9 Å². The summed E-state index contributed by atoms with van der Waals surface area (Å²) in [6, 6.07) is 10.2. The van der Waals surface area contributed by atoms with Crippen LogP contribution in [-0.4, -0.2) is 17.1 Å². The summed E-state index contributed by atoms with van der Waals surface area (Å²) in [5, 5.41) is 6.23. The lowest BCUT2D eigenvalue weighted by molar-refractivity contribution is 0.549. The number of hydrogen-bond donors (Lipinski definition) is 2. The predicted molar refractivity (Wildman–Crippen MR) is 74.3 cm³/mol. The van der Waals surface area contributed by atoms with Crippen LogP contribution in [0, 0.1) is 0 Å². The van der Waals surface area contributed by atoms with Crippen LogP contribution in [0.5, 0.6) is 0 Å². The fourth-order valence-corrected chi connectivity index (χ4v) is 2.12. The van der Waals surface area contributed by atoms with Gasteiger partial charge in [0.1, 0.15) is 0 Å². The summed E-state index contributed by atoms with van der Waals surface area (Å²) in [5.41, 5.74) is 7.84. The van der Waals surface area contributed by atoms with Gasteiger partial charge in [-0.1, -0.05) is 30.3 Å². The van der Waals surface area contributed by atoms with Gasteiger partial charge in [-0.3, -0.25) is 0 Å². The van der Waals surface area contributed by atoms with Gasteiger partial charge in [0.05, 0.1) is 5.69 Å². The predicted octanol–water partition coefficient (Wildman–Crippen LogP) is 2.96. The van der Waals surface area contributed by atoms with E-state index in [4.69, 9.17) is 5.73 Å². The van der Waals surface area contributed by atoms with Gasteiger partial charge >= 0.3 is 0 Å². The minimum absolute atomic E-state index is 0.224. The molecule has 2 rings (SSSR count). The normalized spacial score (nSPS) is 11.5. The second-order valence-electron chi connectivity index (χ2n) is 4.75. The highest BCUT2D eigenvalue weighted by Crippen LogP contribution is 2.24. The number of nitrogens with two attached hydrogens (primary N) is 1. The van der Waals surface area contributed by atoms with Crippen molar-refractivity contribution < 1.29 is 0 Å². The minimum Gasteiger partial charge on any atom is -0.360 e.